The highest BCUT2D eigenvalue weighted by molar-refractivity contribution is 14.0. The topological polar surface area (TPSA) is 65.5 Å². The van der Waals surface area contributed by atoms with Crippen molar-refractivity contribution in [2.24, 2.45) is 4.99 Å². The van der Waals surface area contributed by atoms with E-state index in [9.17, 15) is 4.79 Å². The van der Waals surface area contributed by atoms with E-state index >= 15 is 0 Å². The molecule has 0 bridgehead atoms. The summed E-state index contributed by atoms with van der Waals surface area (Å²) in [4.78, 5) is 16.6. The van der Waals surface area contributed by atoms with E-state index in [2.05, 4.69) is 27.2 Å². The first-order valence-electron chi connectivity index (χ1n) is 8.32. The number of carbonyl (C=O) groups excluding carboxylic acids is 1. The molecule has 0 fully saturated rings. The molecule has 0 spiro atoms. The van der Waals surface area contributed by atoms with Gasteiger partial charge in [0.2, 0.25) is 0 Å². The molecule has 0 saturated heterocycles. The second-order valence-corrected chi connectivity index (χ2v) is 7.07. The van der Waals surface area contributed by atoms with E-state index in [1.165, 1.54) is 12.2 Å². The number of guanidine groups is 1. The monoisotopic (exact) mass is 532 g/mol. The zero-order valence-corrected chi connectivity index (χ0v) is 19.8. The van der Waals surface area contributed by atoms with E-state index in [1.807, 2.05) is 18.7 Å². The van der Waals surface area contributed by atoms with E-state index in [0.717, 1.165) is 25.5 Å². The number of hydrogen-bond acceptors (Lipinski definition) is 3. The van der Waals surface area contributed by atoms with Crippen molar-refractivity contribution in [1.82, 2.24) is 16.0 Å². The van der Waals surface area contributed by atoms with Gasteiger partial charge in [-0.05, 0) is 50.0 Å². The van der Waals surface area contributed by atoms with E-state index < -0.39 is 0 Å². The lowest BCUT2D eigenvalue weighted by atomic mass is 10.2. The van der Waals surface area contributed by atoms with Crippen molar-refractivity contribution in [3.05, 3.63) is 33.8 Å². The minimum Gasteiger partial charge on any atom is -0.357 e. The number of nitrogens with zero attached hydrogens (tertiary/aromatic N) is 1. The fourth-order valence-corrected chi connectivity index (χ4v) is 2.78. The SMILES string of the molecule is CCNC(=NCCCCSC)NCCNC(=O)c1ccc(Cl)c(Cl)c1.I. The van der Waals surface area contributed by atoms with Gasteiger partial charge in [-0.15, -0.1) is 24.0 Å². The molecule has 0 aliphatic carbocycles. The van der Waals surface area contributed by atoms with Crippen LogP contribution in [0.15, 0.2) is 23.2 Å². The number of carbonyl (C=O) groups is 1. The molecule has 0 aliphatic rings. The van der Waals surface area contributed by atoms with Gasteiger partial charge in [0, 0.05) is 31.7 Å². The molecule has 9 heteroatoms. The highest BCUT2D eigenvalue weighted by atomic mass is 127. The Balaban J connectivity index is 0.00000625. The number of halogens is 3. The van der Waals surface area contributed by atoms with Crippen molar-refractivity contribution >= 4 is 70.8 Å². The van der Waals surface area contributed by atoms with Crippen molar-refractivity contribution in [2.45, 2.75) is 19.8 Å². The molecule has 0 saturated carbocycles. The molecule has 0 aliphatic heterocycles. The van der Waals surface area contributed by atoms with Crippen LogP contribution >= 0.6 is 58.9 Å². The minimum absolute atomic E-state index is 0. The number of rotatable bonds is 10. The maximum Gasteiger partial charge on any atom is 0.251 e. The third-order valence-electron chi connectivity index (χ3n) is 3.26. The quantitative estimate of drug-likeness (QED) is 0.184. The average molecular weight is 533 g/mol. The summed E-state index contributed by atoms with van der Waals surface area (Å²) < 4.78 is 0. The van der Waals surface area contributed by atoms with Crippen molar-refractivity contribution in [3.8, 4) is 0 Å². The summed E-state index contributed by atoms with van der Waals surface area (Å²) in [6, 6.07) is 4.83. The molecule has 5 nitrogen and oxygen atoms in total. The Hall–Kier alpha value is -0.380. The summed E-state index contributed by atoms with van der Waals surface area (Å²) in [6.45, 7) is 4.69. The molecular weight excluding hydrogens is 506 g/mol. The molecule has 148 valence electrons. The second kappa shape index (κ2) is 15.7. The second-order valence-electron chi connectivity index (χ2n) is 5.27. The molecule has 1 aromatic rings. The molecule has 0 aromatic heterocycles. The van der Waals surface area contributed by atoms with Crippen LogP contribution in [0.2, 0.25) is 10.0 Å². The van der Waals surface area contributed by atoms with Crippen molar-refractivity contribution < 1.29 is 4.79 Å². The number of thioether (sulfide) groups is 1. The van der Waals surface area contributed by atoms with E-state index in [0.29, 0.717) is 28.7 Å². The zero-order valence-electron chi connectivity index (χ0n) is 15.1. The summed E-state index contributed by atoms with van der Waals surface area (Å²) in [5.41, 5.74) is 0.490. The minimum atomic E-state index is -0.181. The summed E-state index contributed by atoms with van der Waals surface area (Å²) in [7, 11) is 0. The number of aliphatic imine (C=N–C) groups is 1. The molecule has 26 heavy (non-hydrogen) atoms. The summed E-state index contributed by atoms with van der Waals surface area (Å²) in [5, 5.41) is 10.0. The van der Waals surface area contributed by atoms with E-state index in [4.69, 9.17) is 23.2 Å². The van der Waals surface area contributed by atoms with Gasteiger partial charge in [0.1, 0.15) is 0 Å². The summed E-state index contributed by atoms with van der Waals surface area (Å²) in [5.74, 6) is 1.76. The highest BCUT2D eigenvalue weighted by Crippen LogP contribution is 2.22. The smallest absolute Gasteiger partial charge is 0.251 e. The predicted molar refractivity (Wildman–Crippen MR) is 126 cm³/mol. The van der Waals surface area contributed by atoms with Gasteiger partial charge in [-0.3, -0.25) is 9.79 Å². The molecule has 1 rings (SSSR count). The lowest BCUT2D eigenvalue weighted by molar-refractivity contribution is 0.0954. The number of unbranched alkanes of at least 4 members (excludes halogenated alkanes) is 1. The van der Waals surface area contributed by atoms with Gasteiger partial charge in [0.05, 0.1) is 10.0 Å². The molecule has 1 aromatic carbocycles. The average Bonchev–Trinajstić information content (AvgIpc) is 2.60. The van der Waals surface area contributed by atoms with E-state index in [-0.39, 0.29) is 29.9 Å². The molecule has 0 heterocycles. The molecule has 0 unspecified atom stereocenters. The molecule has 0 radical (unpaired) electrons. The van der Waals surface area contributed by atoms with Crippen LogP contribution in [0.5, 0.6) is 0 Å². The third kappa shape index (κ3) is 10.7. The number of hydrogen-bond donors (Lipinski definition) is 3. The maximum absolute atomic E-state index is 12.1. The van der Waals surface area contributed by atoms with Crippen LogP contribution in [0.1, 0.15) is 30.1 Å². The Kier molecular flexibility index (Phi) is 15.4. The first-order valence-corrected chi connectivity index (χ1v) is 10.5. The Bertz CT molecular complexity index is 576. The largest absolute Gasteiger partial charge is 0.357 e. The van der Waals surface area contributed by atoms with Crippen LogP contribution in [-0.2, 0) is 0 Å². The Labute approximate surface area is 187 Å². The summed E-state index contributed by atoms with van der Waals surface area (Å²) >= 11 is 13.6. The fraction of sp³-hybridized carbons (Fsp3) is 0.529. The molecule has 0 atom stereocenters. The first-order chi connectivity index (χ1) is 12.1. The van der Waals surface area contributed by atoms with Crippen LogP contribution in [-0.4, -0.2) is 50.1 Å². The Morgan fingerprint density at radius 1 is 1.12 bits per heavy atom. The van der Waals surface area contributed by atoms with Gasteiger partial charge in [-0.1, -0.05) is 23.2 Å². The zero-order chi connectivity index (χ0) is 18.5. The molecule has 3 N–H and O–H groups in total. The van der Waals surface area contributed by atoms with Crippen LogP contribution in [0.4, 0.5) is 0 Å². The van der Waals surface area contributed by atoms with Crippen molar-refractivity contribution in [3.63, 3.8) is 0 Å². The highest BCUT2D eigenvalue weighted by Gasteiger charge is 2.07. The number of amides is 1. The molecule has 1 amide bonds. The first kappa shape index (κ1) is 25.6. The predicted octanol–water partition coefficient (Wildman–Crippen LogP) is 4.04. The number of benzene rings is 1. The summed E-state index contributed by atoms with van der Waals surface area (Å²) in [6.07, 6.45) is 4.36. The molecular formula is C17H27Cl2IN4OS. The maximum atomic E-state index is 12.1. The van der Waals surface area contributed by atoms with Crippen molar-refractivity contribution in [1.29, 1.82) is 0 Å². The van der Waals surface area contributed by atoms with Gasteiger partial charge in [0.15, 0.2) is 5.96 Å². The van der Waals surface area contributed by atoms with Crippen LogP contribution in [0.3, 0.4) is 0 Å². The van der Waals surface area contributed by atoms with Crippen LogP contribution in [0, 0.1) is 0 Å². The van der Waals surface area contributed by atoms with Gasteiger partial charge in [0.25, 0.3) is 5.91 Å². The third-order valence-corrected chi connectivity index (χ3v) is 4.69. The van der Waals surface area contributed by atoms with Gasteiger partial charge in [-0.2, -0.15) is 11.8 Å². The fourth-order valence-electron chi connectivity index (χ4n) is 1.99. The lowest BCUT2D eigenvalue weighted by Crippen LogP contribution is -2.41. The van der Waals surface area contributed by atoms with Gasteiger partial charge in [-0.25, -0.2) is 0 Å². The standard InChI is InChI=1S/C17H26Cl2N4OS.HI/c1-3-20-17(22-8-4-5-11-25-2)23-10-9-21-16(24)13-6-7-14(18)15(19)12-13;/h6-7,12H,3-5,8-11H2,1-2H3,(H,21,24)(H2,20,22,23);1H. The Morgan fingerprint density at radius 2 is 1.85 bits per heavy atom. The normalized spacial score (nSPS) is 10.8. The van der Waals surface area contributed by atoms with Gasteiger partial charge < -0.3 is 16.0 Å². The van der Waals surface area contributed by atoms with Crippen LogP contribution in [0.25, 0.3) is 0 Å². The Morgan fingerprint density at radius 3 is 2.50 bits per heavy atom. The van der Waals surface area contributed by atoms with Gasteiger partial charge >= 0.3 is 0 Å². The van der Waals surface area contributed by atoms with Crippen LogP contribution < -0.4 is 16.0 Å². The lowest BCUT2D eigenvalue weighted by Gasteiger charge is -2.12. The van der Waals surface area contributed by atoms with E-state index in [1.54, 1.807) is 18.2 Å². The number of nitrogens with one attached hydrogen (secondary N) is 3. The van der Waals surface area contributed by atoms with Crippen molar-refractivity contribution in [2.75, 3.05) is 38.2 Å².